The fraction of sp³-hybridized carbons (Fsp3) is 0.692. The molecule has 2 aliphatic rings. The lowest BCUT2D eigenvalue weighted by Crippen LogP contribution is -2.47. The number of amides is 2. The van der Waals surface area contributed by atoms with Crippen LogP contribution in [0.4, 0.5) is 15.4 Å². The van der Waals surface area contributed by atoms with Gasteiger partial charge in [-0.3, -0.25) is 5.32 Å². The summed E-state index contributed by atoms with van der Waals surface area (Å²) in [7, 11) is 0. The monoisotopic (exact) mass is 520 g/mol. The first-order valence-electron chi connectivity index (χ1n) is 12.4. The van der Waals surface area contributed by atoms with Gasteiger partial charge in [-0.25, -0.2) is 14.6 Å². The topological polar surface area (TPSA) is 116 Å². The number of carbonyl (C=O) groups is 2. The zero-order valence-corrected chi connectivity index (χ0v) is 23.8. The van der Waals surface area contributed by atoms with E-state index < -0.39 is 33.4 Å². The Morgan fingerprint density at radius 1 is 1.03 bits per heavy atom. The zero-order chi connectivity index (χ0) is 27.1. The van der Waals surface area contributed by atoms with Crippen molar-refractivity contribution in [1.82, 2.24) is 9.88 Å². The largest absolute Gasteiger partial charge is 0.591 e. The summed E-state index contributed by atoms with van der Waals surface area (Å²) < 4.78 is 28.2. The van der Waals surface area contributed by atoms with Gasteiger partial charge in [0.2, 0.25) is 0 Å². The third kappa shape index (κ3) is 6.91. The Hall–Kier alpha value is -2.33. The van der Waals surface area contributed by atoms with Crippen molar-refractivity contribution in [2.24, 2.45) is 9.81 Å². The molecule has 2 heterocycles. The number of carbonyl (C=O) groups excluding carboxylic acids is 2. The smallest absolute Gasteiger partial charge is 0.413 e. The summed E-state index contributed by atoms with van der Waals surface area (Å²) in [5.74, 6) is 0.391. The Morgan fingerprint density at radius 3 is 2.14 bits per heavy atom. The average molecular weight is 521 g/mol. The summed E-state index contributed by atoms with van der Waals surface area (Å²) in [4.78, 5) is 31.3. The highest BCUT2D eigenvalue weighted by Crippen LogP contribution is 2.46. The second kappa shape index (κ2) is 9.85. The van der Waals surface area contributed by atoms with Gasteiger partial charge in [0, 0.05) is 30.5 Å². The van der Waals surface area contributed by atoms with Gasteiger partial charge < -0.3 is 18.9 Å². The molecule has 0 aromatic carbocycles. The van der Waals surface area contributed by atoms with Crippen molar-refractivity contribution in [3.05, 3.63) is 23.4 Å². The Kier molecular flexibility index (Phi) is 7.73. The third-order valence-corrected chi connectivity index (χ3v) is 7.33. The molecule has 1 saturated heterocycles. The first-order valence-corrected chi connectivity index (χ1v) is 13.5. The minimum absolute atomic E-state index is 0.327. The number of nitrogens with one attached hydrogen (secondary N) is 1. The predicted molar refractivity (Wildman–Crippen MR) is 142 cm³/mol. The number of hydrogen-bond acceptors (Lipinski definition) is 7. The molecule has 0 saturated carbocycles. The highest BCUT2D eigenvalue weighted by atomic mass is 32.2. The summed E-state index contributed by atoms with van der Waals surface area (Å²) in [6, 6.07) is 3.59. The number of likely N-dealkylation sites (tertiary alicyclic amines) is 1. The van der Waals surface area contributed by atoms with Crippen LogP contribution in [0.1, 0.15) is 86.4 Å². The normalized spacial score (nSPS) is 19.7. The standard InChI is InChI=1S/C26H40N4O5S/c1-23(2,3)34-21(31)28-19-11-10-17-18(27-19)16-26(20(17)29-36(33)25(7,8)9)12-14-30(15-13-26)22(32)35-24(4,5)6/h10-11H,12-16H2,1-9H3,(H,27,28,31). The van der Waals surface area contributed by atoms with Gasteiger partial charge in [0.15, 0.2) is 0 Å². The summed E-state index contributed by atoms with van der Waals surface area (Å²) in [5, 5.41) is 2.70. The van der Waals surface area contributed by atoms with Gasteiger partial charge in [0.1, 0.15) is 38.8 Å². The van der Waals surface area contributed by atoms with E-state index in [2.05, 4.69) is 5.32 Å². The summed E-state index contributed by atoms with van der Waals surface area (Å²) >= 11 is -1.45. The SMILES string of the molecule is CC(C)(C)OC(=O)Nc1ccc2c(n1)CC1(CCN(C(=O)OC(C)(C)C)CC1)C2=N[S+]([O-])C(C)(C)C. The maximum Gasteiger partial charge on any atom is 0.413 e. The molecule has 200 valence electrons. The molecule has 1 aliphatic heterocycles. The third-order valence-electron chi connectivity index (χ3n) is 5.94. The van der Waals surface area contributed by atoms with Crippen LogP contribution in [0.3, 0.4) is 0 Å². The number of ether oxygens (including phenoxy) is 2. The molecule has 1 unspecified atom stereocenters. The number of piperidine rings is 1. The van der Waals surface area contributed by atoms with Crippen LogP contribution in [0.5, 0.6) is 0 Å². The Bertz CT molecular complexity index is 1030. The fourth-order valence-corrected chi connectivity index (χ4v) is 4.97. The maximum absolute atomic E-state index is 13.1. The van der Waals surface area contributed by atoms with Crippen LogP contribution in [0.25, 0.3) is 0 Å². The second-order valence-electron chi connectivity index (χ2n) is 12.5. The molecule has 3 rings (SSSR count). The van der Waals surface area contributed by atoms with Crippen molar-refractivity contribution >= 4 is 35.1 Å². The molecule has 1 atom stereocenters. The summed E-state index contributed by atoms with van der Waals surface area (Å²) in [6.45, 7) is 17.7. The van der Waals surface area contributed by atoms with Crippen molar-refractivity contribution in [3.63, 3.8) is 0 Å². The molecule has 1 spiro atoms. The zero-order valence-electron chi connectivity index (χ0n) is 23.0. The van der Waals surface area contributed by atoms with E-state index in [0.717, 1.165) is 17.0 Å². The van der Waals surface area contributed by atoms with E-state index in [0.29, 0.717) is 38.2 Å². The molecule has 0 radical (unpaired) electrons. The van der Waals surface area contributed by atoms with Crippen LogP contribution in [-0.4, -0.2) is 61.4 Å². The van der Waals surface area contributed by atoms with E-state index in [-0.39, 0.29) is 11.5 Å². The molecule has 10 heteroatoms. The van der Waals surface area contributed by atoms with Crippen molar-refractivity contribution < 1.29 is 23.6 Å². The lowest BCUT2D eigenvalue weighted by Gasteiger charge is -2.39. The second-order valence-corrected chi connectivity index (χ2v) is 14.4. The van der Waals surface area contributed by atoms with Crippen LogP contribution in [0.2, 0.25) is 0 Å². The highest BCUT2D eigenvalue weighted by molar-refractivity contribution is 7.91. The molecule has 1 fully saturated rings. The van der Waals surface area contributed by atoms with E-state index in [9.17, 15) is 14.1 Å². The minimum Gasteiger partial charge on any atom is -0.591 e. The summed E-state index contributed by atoms with van der Waals surface area (Å²) in [5.41, 5.74) is 0.828. The summed E-state index contributed by atoms with van der Waals surface area (Å²) in [6.07, 6.45) is 0.992. The molecular weight excluding hydrogens is 480 g/mol. The number of fused-ring (bicyclic) bond motifs is 1. The van der Waals surface area contributed by atoms with E-state index in [4.69, 9.17) is 18.9 Å². The maximum atomic E-state index is 13.1. The minimum atomic E-state index is -1.45. The molecular formula is C26H40N4O5S. The van der Waals surface area contributed by atoms with E-state index >= 15 is 0 Å². The van der Waals surface area contributed by atoms with Crippen molar-refractivity contribution in [3.8, 4) is 0 Å². The molecule has 9 nitrogen and oxygen atoms in total. The van der Waals surface area contributed by atoms with Gasteiger partial charge in [0.25, 0.3) is 0 Å². The van der Waals surface area contributed by atoms with E-state index in [1.54, 1.807) is 31.7 Å². The van der Waals surface area contributed by atoms with Crippen molar-refractivity contribution in [1.29, 1.82) is 0 Å². The van der Waals surface area contributed by atoms with E-state index in [1.165, 1.54) is 0 Å². The molecule has 36 heavy (non-hydrogen) atoms. The van der Waals surface area contributed by atoms with Gasteiger partial charge in [-0.15, -0.1) is 0 Å². The number of anilines is 1. The van der Waals surface area contributed by atoms with Crippen LogP contribution in [-0.2, 0) is 27.3 Å². The van der Waals surface area contributed by atoms with Crippen LogP contribution < -0.4 is 5.32 Å². The van der Waals surface area contributed by atoms with E-state index in [1.807, 2.05) is 47.6 Å². The number of aromatic nitrogens is 1. The molecule has 1 N–H and O–H groups in total. The molecule has 1 aliphatic carbocycles. The first kappa shape index (κ1) is 28.2. The number of hydrogen-bond donors (Lipinski definition) is 1. The fourth-order valence-electron chi connectivity index (χ4n) is 4.24. The molecule has 2 amide bonds. The number of rotatable bonds is 2. The Morgan fingerprint density at radius 2 is 1.61 bits per heavy atom. The van der Waals surface area contributed by atoms with Gasteiger partial charge in [-0.05, 0) is 87.3 Å². The molecule has 1 aromatic heterocycles. The lowest BCUT2D eigenvalue weighted by atomic mass is 9.75. The quantitative estimate of drug-likeness (QED) is 0.532. The van der Waals surface area contributed by atoms with Gasteiger partial charge in [-0.1, -0.05) is 4.40 Å². The predicted octanol–water partition coefficient (Wildman–Crippen LogP) is 5.25. The number of nitrogens with zero attached hydrogens (tertiary/aromatic N) is 3. The first-order chi connectivity index (χ1) is 16.4. The average Bonchev–Trinajstić information content (AvgIpc) is 2.97. The van der Waals surface area contributed by atoms with Gasteiger partial charge in [0.05, 0.1) is 5.69 Å². The highest BCUT2D eigenvalue weighted by Gasteiger charge is 2.49. The van der Waals surface area contributed by atoms with Crippen molar-refractivity contribution in [2.45, 2.75) is 97.5 Å². The lowest BCUT2D eigenvalue weighted by molar-refractivity contribution is 0.0158. The Balaban J connectivity index is 1.88. The van der Waals surface area contributed by atoms with Gasteiger partial charge in [-0.2, -0.15) is 0 Å². The van der Waals surface area contributed by atoms with Crippen molar-refractivity contribution in [2.75, 3.05) is 18.4 Å². The van der Waals surface area contributed by atoms with Gasteiger partial charge >= 0.3 is 12.2 Å². The Labute approximate surface area is 217 Å². The number of pyridine rings is 1. The van der Waals surface area contributed by atoms with Crippen LogP contribution in [0, 0.1) is 5.41 Å². The van der Waals surface area contributed by atoms with Crippen LogP contribution in [0.15, 0.2) is 16.5 Å². The molecule has 0 bridgehead atoms. The van der Waals surface area contributed by atoms with Crippen LogP contribution >= 0.6 is 0 Å². The molecule has 1 aromatic rings.